The van der Waals surface area contributed by atoms with Crippen molar-refractivity contribution in [3.63, 3.8) is 0 Å². The highest BCUT2D eigenvalue weighted by Crippen LogP contribution is 2.16. The Morgan fingerprint density at radius 1 is 1.28 bits per heavy atom. The van der Waals surface area contributed by atoms with Crippen LogP contribution < -0.4 is 5.32 Å². The van der Waals surface area contributed by atoms with Gasteiger partial charge in [0.1, 0.15) is 0 Å². The van der Waals surface area contributed by atoms with E-state index in [1.54, 1.807) is 0 Å². The molecule has 0 amide bonds. The smallest absolute Gasteiger partial charge is 0.227 e. The Kier molecular flexibility index (Phi) is 4.10. The molecule has 0 radical (unpaired) electrons. The number of benzene rings is 1. The maximum absolute atomic E-state index is 4.95. The Morgan fingerprint density at radius 2 is 2.11 bits per heavy atom. The number of aryl methyl sites for hydroxylation is 2. The largest absolute Gasteiger partial charge is 0.340 e. The standard InChI is InChI=1S/C14H19N3O/c1-10-4-5-13(8-11(10)2)12(3)15-7-6-14-16-9-17-18-14/h4-5,8-9,12,15H,6-7H2,1-3H3. The highest BCUT2D eigenvalue weighted by molar-refractivity contribution is 5.31. The van der Waals surface area contributed by atoms with Crippen molar-refractivity contribution in [2.45, 2.75) is 33.2 Å². The first-order chi connectivity index (χ1) is 8.66. The number of nitrogens with one attached hydrogen (secondary N) is 1. The summed E-state index contributed by atoms with van der Waals surface area (Å²) in [5, 5.41) is 7.04. The van der Waals surface area contributed by atoms with Crippen LogP contribution in [0, 0.1) is 13.8 Å². The van der Waals surface area contributed by atoms with Gasteiger partial charge in [0, 0.05) is 19.0 Å². The van der Waals surface area contributed by atoms with E-state index in [1.165, 1.54) is 23.0 Å². The molecule has 0 aliphatic rings. The molecule has 1 unspecified atom stereocenters. The molecule has 4 nitrogen and oxygen atoms in total. The number of hydrogen-bond donors (Lipinski definition) is 1. The highest BCUT2D eigenvalue weighted by Gasteiger charge is 2.06. The molecular formula is C14H19N3O. The van der Waals surface area contributed by atoms with Gasteiger partial charge in [-0.25, -0.2) is 0 Å². The van der Waals surface area contributed by atoms with Crippen molar-refractivity contribution < 1.29 is 4.52 Å². The summed E-state index contributed by atoms with van der Waals surface area (Å²) in [4.78, 5) is 3.99. The molecule has 4 heteroatoms. The predicted octanol–water partition coefficient (Wildman–Crippen LogP) is 2.58. The maximum atomic E-state index is 4.95. The Labute approximate surface area is 107 Å². The third kappa shape index (κ3) is 3.17. The number of rotatable bonds is 5. The lowest BCUT2D eigenvalue weighted by Gasteiger charge is -2.15. The van der Waals surface area contributed by atoms with Gasteiger partial charge in [0.15, 0.2) is 6.33 Å². The topological polar surface area (TPSA) is 51.0 Å². The van der Waals surface area contributed by atoms with E-state index in [4.69, 9.17) is 4.52 Å². The average Bonchev–Trinajstić information content (AvgIpc) is 2.85. The summed E-state index contributed by atoms with van der Waals surface area (Å²) in [6.07, 6.45) is 2.19. The van der Waals surface area contributed by atoms with Gasteiger partial charge in [0.2, 0.25) is 5.89 Å². The van der Waals surface area contributed by atoms with Crippen molar-refractivity contribution in [2.75, 3.05) is 6.54 Å². The minimum Gasteiger partial charge on any atom is -0.340 e. The van der Waals surface area contributed by atoms with Crippen LogP contribution in [-0.2, 0) is 6.42 Å². The second-order valence-corrected chi connectivity index (χ2v) is 4.60. The van der Waals surface area contributed by atoms with Gasteiger partial charge in [-0.3, -0.25) is 0 Å². The van der Waals surface area contributed by atoms with E-state index in [1.807, 2.05) is 0 Å². The summed E-state index contributed by atoms with van der Waals surface area (Å²) in [6, 6.07) is 6.90. The van der Waals surface area contributed by atoms with Gasteiger partial charge in [-0.15, -0.1) is 0 Å². The molecule has 0 saturated heterocycles. The van der Waals surface area contributed by atoms with Crippen molar-refractivity contribution >= 4 is 0 Å². The third-order valence-electron chi connectivity index (χ3n) is 3.23. The van der Waals surface area contributed by atoms with E-state index in [2.05, 4.69) is 54.4 Å². The van der Waals surface area contributed by atoms with Crippen LogP contribution in [0.15, 0.2) is 29.0 Å². The van der Waals surface area contributed by atoms with E-state index >= 15 is 0 Å². The summed E-state index contributed by atoms with van der Waals surface area (Å²) >= 11 is 0. The molecule has 0 aliphatic carbocycles. The van der Waals surface area contributed by atoms with E-state index < -0.39 is 0 Å². The van der Waals surface area contributed by atoms with Gasteiger partial charge in [-0.05, 0) is 37.5 Å². The van der Waals surface area contributed by atoms with Crippen molar-refractivity contribution in [3.05, 3.63) is 47.1 Å². The van der Waals surface area contributed by atoms with Crippen LogP contribution in [0.5, 0.6) is 0 Å². The van der Waals surface area contributed by atoms with Crippen LogP contribution in [0.25, 0.3) is 0 Å². The number of nitrogens with zero attached hydrogens (tertiary/aromatic N) is 2. The fraction of sp³-hybridized carbons (Fsp3) is 0.429. The molecule has 18 heavy (non-hydrogen) atoms. The first-order valence-corrected chi connectivity index (χ1v) is 6.23. The number of hydrogen-bond acceptors (Lipinski definition) is 4. The second-order valence-electron chi connectivity index (χ2n) is 4.60. The molecule has 2 aromatic rings. The Balaban J connectivity index is 1.87. The zero-order chi connectivity index (χ0) is 13.0. The summed E-state index contributed by atoms with van der Waals surface area (Å²) in [6.45, 7) is 7.27. The van der Waals surface area contributed by atoms with E-state index in [-0.39, 0.29) is 0 Å². The predicted molar refractivity (Wildman–Crippen MR) is 70.3 cm³/mol. The van der Waals surface area contributed by atoms with Crippen LogP contribution in [0.2, 0.25) is 0 Å². The van der Waals surface area contributed by atoms with Crippen molar-refractivity contribution in [3.8, 4) is 0 Å². The van der Waals surface area contributed by atoms with Gasteiger partial charge < -0.3 is 9.84 Å². The normalized spacial score (nSPS) is 12.6. The second kappa shape index (κ2) is 5.78. The molecule has 0 aliphatic heterocycles. The quantitative estimate of drug-likeness (QED) is 0.879. The van der Waals surface area contributed by atoms with Crippen LogP contribution in [-0.4, -0.2) is 16.7 Å². The highest BCUT2D eigenvalue weighted by atomic mass is 16.5. The Morgan fingerprint density at radius 3 is 2.78 bits per heavy atom. The summed E-state index contributed by atoms with van der Waals surface area (Å²) in [5.74, 6) is 0.676. The maximum Gasteiger partial charge on any atom is 0.227 e. The minimum atomic E-state index is 0.326. The zero-order valence-corrected chi connectivity index (χ0v) is 11.1. The monoisotopic (exact) mass is 245 g/mol. The molecule has 1 heterocycles. The van der Waals surface area contributed by atoms with Crippen molar-refractivity contribution in [1.29, 1.82) is 0 Å². The molecule has 0 bridgehead atoms. The summed E-state index contributed by atoms with van der Waals surface area (Å²) in [7, 11) is 0. The minimum absolute atomic E-state index is 0.326. The fourth-order valence-corrected chi connectivity index (χ4v) is 1.85. The molecule has 0 spiro atoms. The molecule has 96 valence electrons. The molecular weight excluding hydrogens is 226 g/mol. The van der Waals surface area contributed by atoms with E-state index in [9.17, 15) is 0 Å². The van der Waals surface area contributed by atoms with Gasteiger partial charge in [0.05, 0.1) is 0 Å². The molecule has 1 N–H and O–H groups in total. The van der Waals surface area contributed by atoms with Crippen LogP contribution >= 0.6 is 0 Å². The summed E-state index contributed by atoms with van der Waals surface area (Å²) in [5.41, 5.74) is 3.97. The van der Waals surface area contributed by atoms with Crippen LogP contribution in [0.4, 0.5) is 0 Å². The first-order valence-electron chi connectivity index (χ1n) is 6.23. The third-order valence-corrected chi connectivity index (χ3v) is 3.23. The fourth-order valence-electron chi connectivity index (χ4n) is 1.85. The lowest BCUT2D eigenvalue weighted by Crippen LogP contribution is -2.21. The Bertz CT molecular complexity index is 494. The molecule has 1 atom stereocenters. The SMILES string of the molecule is Cc1ccc(C(C)NCCc2ncno2)cc1C. The zero-order valence-electron chi connectivity index (χ0n) is 11.1. The molecule has 1 aromatic heterocycles. The van der Waals surface area contributed by atoms with Gasteiger partial charge in [-0.2, -0.15) is 4.98 Å². The molecule has 0 fully saturated rings. The average molecular weight is 245 g/mol. The van der Waals surface area contributed by atoms with Gasteiger partial charge in [0.25, 0.3) is 0 Å². The lowest BCUT2D eigenvalue weighted by molar-refractivity contribution is 0.372. The molecule has 1 aromatic carbocycles. The van der Waals surface area contributed by atoms with Crippen LogP contribution in [0.3, 0.4) is 0 Å². The molecule has 2 rings (SSSR count). The van der Waals surface area contributed by atoms with E-state index in [0.717, 1.165) is 13.0 Å². The van der Waals surface area contributed by atoms with Crippen LogP contribution in [0.1, 0.15) is 35.5 Å². The van der Waals surface area contributed by atoms with Crippen molar-refractivity contribution in [1.82, 2.24) is 15.5 Å². The first kappa shape index (κ1) is 12.8. The lowest BCUT2D eigenvalue weighted by atomic mass is 10.0. The number of aromatic nitrogens is 2. The summed E-state index contributed by atoms with van der Waals surface area (Å²) < 4.78 is 4.95. The molecule has 0 saturated carbocycles. The van der Waals surface area contributed by atoms with Crippen molar-refractivity contribution in [2.24, 2.45) is 0 Å². The van der Waals surface area contributed by atoms with Gasteiger partial charge >= 0.3 is 0 Å². The Hall–Kier alpha value is -1.68. The van der Waals surface area contributed by atoms with E-state index in [0.29, 0.717) is 11.9 Å². The van der Waals surface area contributed by atoms with Gasteiger partial charge in [-0.1, -0.05) is 23.4 Å².